The lowest BCUT2D eigenvalue weighted by atomic mass is 9.99. The molecular formula is C12H20O13. The van der Waals surface area contributed by atoms with Crippen molar-refractivity contribution in [2.24, 2.45) is 0 Å². The Morgan fingerprint density at radius 1 is 0.960 bits per heavy atom. The van der Waals surface area contributed by atoms with Gasteiger partial charge in [-0.15, -0.1) is 0 Å². The highest BCUT2D eigenvalue weighted by atomic mass is 17.2. The molecule has 0 radical (unpaired) electrons. The third-order valence-corrected chi connectivity index (χ3v) is 4.02. The van der Waals surface area contributed by atoms with Crippen LogP contribution in [0.3, 0.4) is 0 Å². The number of carboxylic acids is 1. The first-order valence-corrected chi connectivity index (χ1v) is 7.22. The number of aliphatic carboxylic acids is 1. The van der Waals surface area contributed by atoms with Crippen LogP contribution in [0.5, 0.6) is 0 Å². The Morgan fingerprint density at radius 2 is 1.56 bits per heavy atom. The predicted octanol–water partition coefficient (Wildman–Crippen LogP) is -5.37. The number of rotatable bonds is 6. The molecule has 0 saturated carbocycles. The van der Waals surface area contributed by atoms with Gasteiger partial charge in [0.1, 0.15) is 30.5 Å². The molecule has 2 saturated heterocycles. The Bertz CT molecular complexity index is 474. The highest BCUT2D eigenvalue weighted by Gasteiger charge is 2.63. The lowest BCUT2D eigenvalue weighted by Gasteiger charge is -2.39. The van der Waals surface area contributed by atoms with Crippen molar-refractivity contribution < 1.29 is 64.9 Å². The van der Waals surface area contributed by atoms with Crippen molar-refractivity contribution in [2.45, 2.75) is 54.8 Å². The van der Waals surface area contributed by atoms with Crippen molar-refractivity contribution in [1.29, 1.82) is 0 Å². The van der Waals surface area contributed by atoms with Crippen LogP contribution in [0.15, 0.2) is 0 Å². The van der Waals surface area contributed by atoms with Gasteiger partial charge in [-0.25, -0.2) is 9.68 Å². The monoisotopic (exact) mass is 372 g/mol. The number of carbonyl (C=O) groups is 1. The maximum absolute atomic E-state index is 11.4. The fourth-order valence-corrected chi connectivity index (χ4v) is 2.52. The lowest BCUT2D eigenvalue weighted by Crippen LogP contribution is -2.61. The zero-order valence-corrected chi connectivity index (χ0v) is 12.7. The number of ether oxygens (including phenoxy) is 2. The fourth-order valence-electron chi connectivity index (χ4n) is 2.52. The van der Waals surface area contributed by atoms with E-state index in [2.05, 4.69) is 9.78 Å². The molecule has 0 aromatic rings. The molecule has 13 heteroatoms. The highest BCUT2D eigenvalue weighted by molar-refractivity contribution is 5.77. The summed E-state index contributed by atoms with van der Waals surface area (Å²) in [5.74, 6) is -4.89. The molecule has 2 aliphatic heterocycles. The molecule has 146 valence electrons. The zero-order valence-electron chi connectivity index (χ0n) is 12.7. The van der Waals surface area contributed by atoms with Gasteiger partial charge in [-0.1, -0.05) is 0 Å². The zero-order chi connectivity index (χ0) is 18.9. The van der Waals surface area contributed by atoms with Crippen LogP contribution in [0.2, 0.25) is 0 Å². The smallest absolute Gasteiger partial charge is 0.370 e. The molecule has 0 unspecified atom stereocenters. The largest absolute Gasteiger partial charge is 0.477 e. The van der Waals surface area contributed by atoms with Gasteiger partial charge in [-0.3, -0.25) is 0 Å². The van der Waals surface area contributed by atoms with Crippen LogP contribution in [0.1, 0.15) is 0 Å². The molecular weight excluding hydrogens is 352 g/mol. The molecule has 25 heavy (non-hydrogen) atoms. The van der Waals surface area contributed by atoms with Gasteiger partial charge >= 0.3 is 11.8 Å². The van der Waals surface area contributed by atoms with E-state index in [0.717, 1.165) is 0 Å². The van der Waals surface area contributed by atoms with Gasteiger partial charge in [-0.2, -0.15) is 4.89 Å². The number of hydrogen-bond donors (Lipinski definition) is 8. The van der Waals surface area contributed by atoms with Crippen molar-refractivity contribution in [3.05, 3.63) is 0 Å². The molecule has 0 aliphatic carbocycles. The van der Waals surface area contributed by atoms with E-state index in [4.69, 9.17) is 19.7 Å². The summed E-state index contributed by atoms with van der Waals surface area (Å²) in [5.41, 5.74) is 0. The topological polar surface area (TPSA) is 216 Å². The molecule has 8 N–H and O–H groups in total. The molecule has 2 aliphatic rings. The van der Waals surface area contributed by atoms with Gasteiger partial charge in [0.15, 0.2) is 18.5 Å². The number of aliphatic hydroxyl groups is 7. The Morgan fingerprint density at radius 3 is 2.04 bits per heavy atom. The summed E-state index contributed by atoms with van der Waals surface area (Å²) in [4.78, 5) is 20.6. The number of carboxylic acid groups (broad SMARTS) is 1. The maximum atomic E-state index is 11.4. The first-order chi connectivity index (χ1) is 11.7. The van der Waals surface area contributed by atoms with Crippen LogP contribution in [-0.4, -0.2) is 115 Å². The third-order valence-electron chi connectivity index (χ3n) is 4.02. The summed E-state index contributed by atoms with van der Waals surface area (Å²) in [6.07, 6.45) is -14.2. The minimum absolute atomic E-state index is 0.728. The van der Waals surface area contributed by atoms with E-state index < -0.39 is 74.0 Å². The van der Waals surface area contributed by atoms with E-state index >= 15 is 0 Å². The Hall–Kier alpha value is -0.970. The molecule has 0 aromatic carbocycles. The summed E-state index contributed by atoms with van der Waals surface area (Å²) in [5, 5.41) is 76.1. The standard InChI is InChI=1S/C12H20O13/c13-1-3-5(15)7(17)8(10(19)22-3)24-25-12(11(20)21)9(18)6(16)4(2-14)23-12/h3-10,13-19H,1-2H2,(H,20,21)/t3-,4-,5-,6-,7+,8-,9+,10+,12-/m1/s1. The summed E-state index contributed by atoms with van der Waals surface area (Å²) in [6, 6.07) is 0. The Labute approximate surface area is 140 Å². The van der Waals surface area contributed by atoms with Gasteiger partial charge in [0.25, 0.3) is 0 Å². The molecule has 0 bridgehead atoms. The molecule has 0 amide bonds. The second-order valence-electron chi connectivity index (χ2n) is 5.62. The minimum atomic E-state index is -2.97. The van der Waals surface area contributed by atoms with Crippen molar-refractivity contribution in [2.75, 3.05) is 13.2 Å². The maximum Gasteiger partial charge on any atom is 0.370 e. The predicted molar refractivity (Wildman–Crippen MR) is 70.3 cm³/mol. The summed E-state index contributed by atoms with van der Waals surface area (Å²) >= 11 is 0. The lowest BCUT2D eigenvalue weighted by molar-refractivity contribution is -0.472. The average Bonchev–Trinajstić information content (AvgIpc) is 2.83. The summed E-state index contributed by atoms with van der Waals surface area (Å²) < 4.78 is 9.59. The summed E-state index contributed by atoms with van der Waals surface area (Å²) in [7, 11) is 0. The van der Waals surface area contributed by atoms with Crippen LogP contribution in [0.25, 0.3) is 0 Å². The van der Waals surface area contributed by atoms with E-state index in [-0.39, 0.29) is 0 Å². The molecule has 0 spiro atoms. The second kappa shape index (κ2) is 7.73. The first-order valence-electron chi connectivity index (χ1n) is 7.22. The van der Waals surface area contributed by atoms with Gasteiger partial charge in [0.2, 0.25) is 0 Å². The molecule has 9 atom stereocenters. The fraction of sp³-hybridized carbons (Fsp3) is 0.917. The molecule has 2 rings (SSSR count). The number of hydrogen-bond acceptors (Lipinski definition) is 12. The van der Waals surface area contributed by atoms with Crippen molar-refractivity contribution in [1.82, 2.24) is 0 Å². The first kappa shape index (κ1) is 20.3. The SMILES string of the molecule is O=C(O)[C@@]1(OO[C@@H]2[C@@H](O)[C@H](O)[C@@H](CO)O[C@@H]2O)O[C@H](CO)[C@@H](O)[C@@H]1O. The molecule has 13 nitrogen and oxygen atoms in total. The van der Waals surface area contributed by atoms with Gasteiger partial charge < -0.3 is 50.3 Å². The quantitative estimate of drug-likeness (QED) is 0.161. The van der Waals surface area contributed by atoms with Crippen molar-refractivity contribution >= 4 is 5.97 Å². The van der Waals surface area contributed by atoms with Gasteiger partial charge in [0, 0.05) is 0 Å². The van der Waals surface area contributed by atoms with E-state index in [9.17, 15) is 35.4 Å². The van der Waals surface area contributed by atoms with Crippen molar-refractivity contribution in [3.8, 4) is 0 Å². The highest BCUT2D eigenvalue weighted by Crippen LogP contribution is 2.34. The summed E-state index contributed by atoms with van der Waals surface area (Å²) in [6.45, 7) is -1.57. The number of aliphatic hydroxyl groups excluding tert-OH is 7. The van der Waals surface area contributed by atoms with E-state index in [0.29, 0.717) is 0 Å². The Balaban J connectivity index is 2.13. The normalized spacial score (nSPS) is 47.8. The molecule has 2 heterocycles. The molecule has 0 aromatic heterocycles. The van der Waals surface area contributed by atoms with Crippen LogP contribution in [0, 0.1) is 0 Å². The van der Waals surface area contributed by atoms with E-state index in [1.54, 1.807) is 0 Å². The Kier molecular flexibility index (Phi) is 6.29. The third kappa shape index (κ3) is 3.49. The molecule has 2 fully saturated rings. The average molecular weight is 372 g/mol. The van der Waals surface area contributed by atoms with E-state index in [1.807, 2.05) is 0 Å². The van der Waals surface area contributed by atoms with Gasteiger partial charge in [-0.05, 0) is 0 Å². The minimum Gasteiger partial charge on any atom is -0.477 e. The van der Waals surface area contributed by atoms with Crippen LogP contribution in [-0.2, 0) is 24.0 Å². The van der Waals surface area contributed by atoms with Crippen LogP contribution in [0.4, 0.5) is 0 Å². The van der Waals surface area contributed by atoms with Crippen molar-refractivity contribution in [3.63, 3.8) is 0 Å². The van der Waals surface area contributed by atoms with E-state index in [1.165, 1.54) is 0 Å². The van der Waals surface area contributed by atoms with Crippen LogP contribution >= 0.6 is 0 Å². The second-order valence-corrected chi connectivity index (χ2v) is 5.62. The van der Waals surface area contributed by atoms with Gasteiger partial charge in [0.05, 0.1) is 13.2 Å². The van der Waals surface area contributed by atoms with Crippen LogP contribution < -0.4 is 0 Å².